The number of aliphatic hydroxyl groups is 1. The highest BCUT2D eigenvalue weighted by atomic mass is 16.5. The summed E-state index contributed by atoms with van der Waals surface area (Å²) in [5.74, 6) is -10.9. The topological polar surface area (TPSA) is 185 Å². The zero-order valence-corrected chi connectivity index (χ0v) is 22.4. The Morgan fingerprint density at radius 2 is 1.80 bits per heavy atom. The van der Waals surface area contributed by atoms with Gasteiger partial charge in [-0.2, -0.15) is 0 Å². The van der Waals surface area contributed by atoms with Crippen molar-refractivity contribution in [3.8, 4) is 5.75 Å². The van der Waals surface area contributed by atoms with Crippen LogP contribution in [0.5, 0.6) is 5.75 Å². The Balaban J connectivity index is 1.50. The second-order valence-corrected chi connectivity index (χ2v) is 11.4. The summed E-state index contributed by atoms with van der Waals surface area (Å²) >= 11 is 0. The second-order valence-electron chi connectivity index (χ2n) is 11.4. The first-order valence-corrected chi connectivity index (χ1v) is 13.4. The van der Waals surface area contributed by atoms with Crippen LogP contribution in [0.4, 0.5) is 0 Å². The molecule has 2 saturated carbocycles. The van der Waals surface area contributed by atoms with Crippen LogP contribution in [0.25, 0.3) is 0 Å². The molecule has 1 saturated heterocycles. The molecule has 4 aliphatic rings. The zero-order valence-electron chi connectivity index (χ0n) is 22.4. The summed E-state index contributed by atoms with van der Waals surface area (Å²) in [5, 5.41) is 22.3. The van der Waals surface area contributed by atoms with Crippen molar-refractivity contribution in [2.45, 2.75) is 37.3 Å². The summed E-state index contributed by atoms with van der Waals surface area (Å²) in [6.45, 7) is 1.95. The number of carbonyl (C=O) groups is 6. The summed E-state index contributed by atoms with van der Waals surface area (Å²) in [4.78, 5) is 82.1. The number of aromatic hydroxyl groups is 1. The van der Waals surface area contributed by atoms with E-state index in [-0.39, 0.29) is 36.5 Å². The van der Waals surface area contributed by atoms with Crippen LogP contribution in [0.2, 0.25) is 0 Å². The third kappa shape index (κ3) is 4.16. The molecule has 3 aliphatic carbocycles. The first-order valence-electron chi connectivity index (χ1n) is 13.4. The van der Waals surface area contributed by atoms with E-state index in [2.05, 4.69) is 0 Å². The van der Waals surface area contributed by atoms with Gasteiger partial charge in [-0.05, 0) is 56.5 Å². The molecule has 4 N–H and O–H groups in total. The number of ether oxygens (including phenoxy) is 1. The van der Waals surface area contributed by atoms with Gasteiger partial charge in [-0.25, -0.2) is 0 Å². The fourth-order valence-electron chi connectivity index (χ4n) is 7.12. The van der Waals surface area contributed by atoms with E-state index in [0.29, 0.717) is 43.9 Å². The van der Waals surface area contributed by atoms with Gasteiger partial charge >= 0.3 is 0 Å². The van der Waals surface area contributed by atoms with Gasteiger partial charge in [0.05, 0.1) is 30.7 Å². The molecule has 40 heavy (non-hydrogen) atoms. The Morgan fingerprint density at radius 1 is 1.12 bits per heavy atom. The van der Waals surface area contributed by atoms with Gasteiger partial charge in [0.1, 0.15) is 5.75 Å². The highest BCUT2D eigenvalue weighted by Gasteiger charge is 2.69. The number of fused-ring (bicyclic) bond motifs is 3. The highest BCUT2D eigenvalue weighted by Crippen LogP contribution is 2.51. The van der Waals surface area contributed by atoms with E-state index in [0.717, 1.165) is 0 Å². The third-order valence-electron chi connectivity index (χ3n) is 9.01. The van der Waals surface area contributed by atoms with Gasteiger partial charge in [-0.15, -0.1) is 0 Å². The lowest BCUT2D eigenvalue weighted by Gasteiger charge is -2.52. The fourth-order valence-corrected chi connectivity index (χ4v) is 7.12. The maximum atomic E-state index is 13.9. The molecule has 2 amide bonds. The Hall–Kier alpha value is -3.48. The number of carbonyl (C=O) groups excluding carboxylic acids is 6. The van der Waals surface area contributed by atoms with Crippen LogP contribution >= 0.6 is 0 Å². The molecule has 214 valence electrons. The van der Waals surface area contributed by atoms with E-state index < -0.39 is 64.4 Å². The number of hydrogen-bond donors (Lipinski definition) is 3. The highest BCUT2D eigenvalue weighted by molar-refractivity contribution is 6.32. The number of likely N-dealkylation sites (N-methyl/N-ethyl adjacent to an activating group) is 1. The van der Waals surface area contributed by atoms with Crippen LogP contribution in [-0.4, -0.2) is 107 Å². The molecular formula is C28H33N3O9. The lowest BCUT2D eigenvalue weighted by atomic mass is 9.52. The summed E-state index contributed by atoms with van der Waals surface area (Å²) in [5.41, 5.74) is 3.72. The normalized spacial score (nSPS) is 32.0. The number of nitrogens with zero attached hydrogens (tertiary/aromatic N) is 2. The summed E-state index contributed by atoms with van der Waals surface area (Å²) in [6, 6.07) is 1.84. The molecule has 1 aromatic carbocycles. The standard InChI is InChI=1S/C28H33N3O9/c1-30(2)22-16-12-14-11-15-13(4-6-18(33)31-7-9-40-10-8-31)3-5-17(32)20(15)23(34)19(14)25(36)28(16,39)26(37)21(24(22)35)27(29)38/h3,5,14,16,19,21-22,32,39H,4,6-12H2,1-2H3,(H2,29,38)/t14-,16-,19?,21?,22-,28-/m1/s1. The molecule has 1 heterocycles. The number of amides is 2. The van der Waals surface area contributed by atoms with Crippen LogP contribution in [-0.2, 0) is 41.6 Å². The average molecular weight is 556 g/mol. The van der Waals surface area contributed by atoms with Gasteiger partial charge in [-0.3, -0.25) is 33.7 Å². The van der Waals surface area contributed by atoms with Crippen LogP contribution in [0.15, 0.2) is 12.1 Å². The van der Waals surface area contributed by atoms with Gasteiger partial charge in [0, 0.05) is 25.4 Å². The van der Waals surface area contributed by atoms with Crippen molar-refractivity contribution in [3.63, 3.8) is 0 Å². The van der Waals surface area contributed by atoms with Crippen molar-refractivity contribution >= 4 is 34.9 Å². The quantitative estimate of drug-likeness (QED) is 0.367. The molecule has 12 heteroatoms. The lowest BCUT2D eigenvalue weighted by Crippen LogP contribution is -2.74. The molecule has 6 atom stereocenters. The van der Waals surface area contributed by atoms with Crippen molar-refractivity contribution in [1.82, 2.24) is 9.80 Å². The Bertz CT molecular complexity index is 1320. The predicted molar refractivity (Wildman–Crippen MR) is 137 cm³/mol. The molecule has 2 unspecified atom stereocenters. The van der Waals surface area contributed by atoms with Gasteiger partial charge < -0.3 is 25.6 Å². The number of primary amides is 1. The van der Waals surface area contributed by atoms with E-state index in [9.17, 15) is 39.0 Å². The molecule has 5 rings (SSSR count). The van der Waals surface area contributed by atoms with Crippen LogP contribution in [0, 0.1) is 23.7 Å². The molecule has 1 aromatic rings. The number of benzene rings is 1. The van der Waals surface area contributed by atoms with Crippen molar-refractivity contribution in [1.29, 1.82) is 0 Å². The van der Waals surface area contributed by atoms with Crippen molar-refractivity contribution in [2.24, 2.45) is 29.4 Å². The van der Waals surface area contributed by atoms with Crippen molar-refractivity contribution in [2.75, 3.05) is 40.4 Å². The number of ketones is 4. The van der Waals surface area contributed by atoms with E-state index in [1.165, 1.54) is 25.1 Å². The van der Waals surface area contributed by atoms with Crippen LogP contribution < -0.4 is 5.73 Å². The minimum atomic E-state index is -2.76. The molecule has 3 fully saturated rings. The van der Waals surface area contributed by atoms with Crippen LogP contribution in [0.3, 0.4) is 0 Å². The number of Topliss-reactive ketones (excluding diaryl/α,β-unsaturated/α-hetero) is 4. The number of phenolic OH excluding ortho intramolecular Hbond substituents is 1. The first-order chi connectivity index (χ1) is 18.9. The van der Waals surface area contributed by atoms with Gasteiger partial charge in [0.2, 0.25) is 11.8 Å². The van der Waals surface area contributed by atoms with Gasteiger partial charge in [0.25, 0.3) is 0 Å². The molecular weight excluding hydrogens is 522 g/mol. The maximum Gasteiger partial charge on any atom is 0.235 e. The molecule has 0 spiro atoms. The Labute approximate surface area is 230 Å². The van der Waals surface area contributed by atoms with Gasteiger partial charge in [-0.1, -0.05) is 6.07 Å². The molecule has 1 aliphatic heterocycles. The Morgan fingerprint density at radius 3 is 2.42 bits per heavy atom. The minimum absolute atomic E-state index is 0.0221. The van der Waals surface area contributed by atoms with E-state index in [1.54, 1.807) is 11.0 Å². The predicted octanol–water partition coefficient (Wildman–Crippen LogP) is -1.34. The number of phenols is 1. The van der Waals surface area contributed by atoms with E-state index in [1.807, 2.05) is 0 Å². The molecule has 0 bridgehead atoms. The lowest BCUT2D eigenvalue weighted by molar-refractivity contribution is -0.181. The number of nitrogens with two attached hydrogens (primary N) is 1. The van der Waals surface area contributed by atoms with Crippen LogP contribution in [0.1, 0.15) is 34.3 Å². The third-order valence-corrected chi connectivity index (χ3v) is 9.01. The maximum absolute atomic E-state index is 13.9. The van der Waals surface area contributed by atoms with Crippen molar-refractivity contribution in [3.05, 3.63) is 28.8 Å². The second kappa shape index (κ2) is 10.2. The summed E-state index contributed by atoms with van der Waals surface area (Å²) in [7, 11) is 3.08. The SMILES string of the molecule is CN(C)[C@H]1C(=O)C(C(N)=O)C(=O)[C@]2(O)C(=O)C3C(=O)c4c(O)ccc(CCC(=O)N5CCOCC5)c4C[C@@H]3C[C@H]12. The molecule has 0 radical (unpaired) electrons. The summed E-state index contributed by atoms with van der Waals surface area (Å²) in [6.07, 6.45) is 0.635. The summed E-state index contributed by atoms with van der Waals surface area (Å²) < 4.78 is 5.30. The minimum Gasteiger partial charge on any atom is -0.507 e. The molecule has 12 nitrogen and oxygen atoms in total. The smallest absolute Gasteiger partial charge is 0.235 e. The number of rotatable bonds is 5. The Kier molecular flexibility index (Phi) is 7.13. The molecule has 0 aromatic heterocycles. The van der Waals surface area contributed by atoms with Gasteiger partial charge in [0.15, 0.2) is 34.7 Å². The number of morpholine rings is 1. The monoisotopic (exact) mass is 555 g/mol. The van der Waals surface area contributed by atoms with Crippen molar-refractivity contribution < 1.29 is 43.7 Å². The first kappa shape index (κ1) is 28.1. The zero-order chi connectivity index (χ0) is 29.1. The number of aryl methyl sites for hydroxylation is 1. The van der Waals surface area contributed by atoms with E-state index >= 15 is 0 Å². The fraction of sp³-hybridized carbons (Fsp3) is 0.571. The average Bonchev–Trinajstić information content (AvgIpc) is 2.90. The van der Waals surface area contributed by atoms with E-state index in [4.69, 9.17) is 10.5 Å². The largest absolute Gasteiger partial charge is 0.507 e. The number of hydrogen-bond acceptors (Lipinski definition) is 10.